The van der Waals surface area contributed by atoms with Gasteiger partial charge in [0.05, 0.1) is 6.61 Å². The van der Waals surface area contributed by atoms with Crippen molar-refractivity contribution < 1.29 is 14.3 Å². The molecule has 1 aliphatic heterocycles. The normalized spacial score (nSPS) is 16.5. The summed E-state index contributed by atoms with van der Waals surface area (Å²) in [7, 11) is 0. The highest BCUT2D eigenvalue weighted by molar-refractivity contribution is 5.96. The molecule has 0 saturated carbocycles. The molecular formula is C21H24N2O3. The van der Waals surface area contributed by atoms with Gasteiger partial charge in [0.25, 0.3) is 5.91 Å². The molecule has 136 valence electrons. The number of amides is 1. The smallest absolute Gasteiger partial charge is 0.272 e. The third-order valence-corrected chi connectivity index (χ3v) is 4.01. The number of hydrazone groups is 1. The van der Waals surface area contributed by atoms with E-state index < -0.39 is 6.23 Å². The first-order valence-corrected chi connectivity index (χ1v) is 8.88. The SMILES string of the molecule is CC(C)CC1OC(c2ccccc2)=NN1C(=O)COCc1ccccc1. The van der Waals surface area contributed by atoms with Gasteiger partial charge in [0, 0.05) is 12.0 Å². The van der Waals surface area contributed by atoms with Gasteiger partial charge in [-0.1, -0.05) is 62.4 Å². The Bertz CT molecular complexity index is 744. The third-order valence-electron chi connectivity index (χ3n) is 4.01. The van der Waals surface area contributed by atoms with Gasteiger partial charge in [-0.15, -0.1) is 5.10 Å². The molecule has 0 bridgehead atoms. The second-order valence-corrected chi connectivity index (χ2v) is 6.69. The topological polar surface area (TPSA) is 51.1 Å². The number of carbonyl (C=O) groups excluding carboxylic acids is 1. The van der Waals surface area contributed by atoms with Crippen LogP contribution in [0.3, 0.4) is 0 Å². The lowest BCUT2D eigenvalue weighted by molar-refractivity contribution is -0.143. The molecule has 1 amide bonds. The minimum absolute atomic E-state index is 0.0293. The van der Waals surface area contributed by atoms with E-state index in [0.717, 1.165) is 11.1 Å². The summed E-state index contributed by atoms with van der Waals surface area (Å²) in [6.45, 7) is 4.56. The van der Waals surface area contributed by atoms with E-state index in [-0.39, 0.29) is 12.5 Å². The first kappa shape index (κ1) is 18.1. The van der Waals surface area contributed by atoms with Gasteiger partial charge in [-0.05, 0) is 23.6 Å². The number of carbonyl (C=O) groups is 1. The van der Waals surface area contributed by atoms with E-state index in [1.165, 1.54) is 5.01 Å². The van der Waals surface area contributed by atoms with Gasteiger partial charge in [-0.25, -0.2) is 0 Å². The van der Waals surface area contributed by atoms with Crippen LogP contribution in [0.15, 0.2) is 65.8 Å². The number of hydrogen-bond donors (Lipinski definition) is 0. The molecule has 0 N–H and O–H groups in total. The molecular weight excluding hydrogens is 328 g/mol. The van der Waals surface area contributed by atoms with Crippen LogP contribution in [0.2, 0.25) is 0 Å². The van der Waals surface area contributed by atoms with Gasteiger partial charge in [0.15, 0.2) is 6.23 Å². The Kier molecular flexibility index (Phi) is 6.02. The molecule has 0 aliphatic carbocycles. The maximum atomic E-state index is 12.6. The van der Waals surface area contributed by atoms with Crippen molar-refractivity contribution in [3.8, 4) is 0 Å². The molecule has 2 aromatic carbocycles. The van der Waals surface area contributed by atoms with Crippen LogP contribution in [-0.2, 0) is 20.9 Å². The zero-order valence-electron chi connectivity index (χ0n) is 15.2. The quantitative estimate of drug-likeness (QED) is 0.762. The van der Waals surface area contributed by atoms with Crippen molar-refractivity contribution in [1.29, 1.82) is 0 Å². The van der Waals surface area contributed by atoms with Gasteiger partial charge in [-0.3, -0.25) is 4.79 Å². The molecule has 0 saturated heterocycles. The molecule has 3 rings (SSSR count). The van der Waals surface area contributed by atoms with Crippen molar-refractivity contribution in [2.75, 3.05) is 6.61 Å². The Morgan fingerprint density at radius 3 is 2.42 bits per heavy atom. The Hall–Kier alpha value is -2.66. The monoisotopic (exact) mass is 352 g/mol. The molecule has 0 aromatic heterocycles. The van der Waals surface area contributed by atoms with E-state index in [9.17, 15) is 4.79 Å². The number of ether oxygens (including phenoxy) is 2. The van der Waals surface area contributed by atoms with E-state index in [2.05, 4.69) is 18.9 Å². The lowest BCUT2D eigenvalue weighted by Crippen LogP contribution is -2.37. The number of hydrogen-bond acceptors (Lipinski definition) is 4. The minimum Gasteiger partial charge on any atom is -0.450 e. The molecule has 2 aromatic rings. The van der Waals surface area contributed by atoms with E-state index in [1.807, 2.05) is 60.7 Å². The van der Waals surface area contributed by atoms with Gasteiger partial charge in [-0.2, -0.15) is 5.01 Å². The molecule has 1 heterocycles. The molecule has 1 unspecified atom stereocenters. The van der Waals surface area contributed by atoms with Crippen molar-refractivity contribution in [2.24, 2.45) is 11.0 Å². The van der Waals surface area contributed by atoms with Crippen molar-refractivity contribution in [2.45, 2.75) is 33.1 Å². The summed E-state index contributed by atoms with van der Waals surface area (Å²) in [4.78, 5) is 12.6. The summed E-state index contributed by atoms with van der Waals surface area (Å²) < 4.78 is 11.5. The average molecular weight is 352 g/mol. The fourth-order valence-corrected chi connectivity index (χ4v) is 2.74. The predicted octanol–water partition coefficient (Wildman–Crippen LogP) is 3.80. The van der Waals surface area contributed by atoms with Gasteiger partial charge < -0.3 is 9.47 Å². The number of rotatable bonds is 7. The van der Waals surface area contributed by atoms with Crippen LogP contribution < -0.4 is 0 Å². The molecule has 0 fully saturated rings. The molecule has 0 radical (unpaired) electrons. The van der Waals surface area contributed by atoms with Crippen molar-refractivity contribution in [3.63, 3.8) is 0 Å². The first-order valence-electron chi connectivity index (χ1n) is 8.88. The molecule has 26 heavy (non-hydrogen) atoms. The van der Waals surface area contributed by atoms with Crippen LogP contribution in [0.25, 0.3) is 0 Å². The lowest BCUT2D eigenvalue weighted by atomic mass is 10.1. The number of benzene rings is 2. The standard InChI is InChI=1S/C21H24N2O3/c1-16(2)13-20-23(22-21(26-20)18-11-7-4-8-12-18)19(24)15-25-14-17-9-5-3-6-10-17/h3-12,16,20H,13-15H2,1-2H3. The van der Waals surface area contributed by atoms with Crippen LogP contribution in [0.5, 0.6) is 0 Å². The summed E-state index contributed by atoms with van der Waals surface area (Å²) in [5, 5.41) is 5.84. The fraction of sp³-hybridized carbons (Fsp3) is 0.333. The summed E-state index contributed by atoms with van der Waals surface area (Å²) in [6, 6.07) is 19.4. The zero-order valence-corrected chi connectivity index (χ0v) is 15.2. The first-order chi connectivity index (χ1) is 12.6. The summed E-state index contributed by atoms with van der Waals surface area (Å²) in [5.74, 6) is 0.663. The maximum absolute atomic E-state index is 12.6. The van der Waals surface area contributed by atoms with Crippen molar-refractivity contribution >= 4 is 11.8 Å². The van der Waals surface area contributed by atoms with Crippen molar-refractivity contribution in [1.82, 2.24) is 5.01 Å². The Labute approximate surface area is 154 Å². The van der Waals surface area contributed by atoms with Crippen LogP contribution in [0.1, 0.15) is 31.4 Å². The molecule has 1 atom stereocenters. The van der Waals surface area contributed by atoms with E-state index in [4.69, 9.17) is 9.47 Å². The van der Waals surface area contributed by atoms with Gasteiger partial charge in [0.2, 0.25) is 5.90 Å². The Balaban J connectivity index is 1.65. The molecule has 5 nitrogen and oxygen atoms in total. The fourth-order valence-electron chi connectivity index (χ4n) is 2.74. The highest BCUT2D eigenvalue weighted by Crippen LogP contribution is 2.23. The zero-order chi connectivity index (χ0) is 18.4. The molecule has 1 aliphatic rings. The largest absolute Gasteiger partial charge is 0.450 e. The third kappa shape index (κ3) is 4.70. The van der Waals surface area contributed by atoms with Crippen molar-refractivity contribution in [3.05, 3.63) is 71.8 Å². The molecule has 5 heteroatoms. The predicted molar refractivity (Wildman–Crippen MR) is 100 cm³/mol. The number of nitrogens with zero attached hydrogens (tertiary/aromatic N) is 2. The van der Waals surface area contributed by atoms with Crippen LogP contribution in [0, 0.1) is 5.92 Å². The Morgan fingerprint density at radius 1 is 1.12 bits per heavy atom. The molecule has 0 spiro atoms. The van der Waals surface area contributed by atoms with Crippen LogP contribution >= 0.6 is 0 Å². The lowest BCUT2D eigenvalue weighted by Gasteiger charge is -2.21. The second-order valence-electron chi connectivity index (χ2n) is 6.69. The van der Waals surface area contributed by atoms with Gasteiger partial charge >= 0.3 is 0 Å². The average Bonchev–Trinajstić information content (AvgIpc) is 3.06. The van der Waals surface area contributed by atoms with Gasteiger partial charge in [0.1, 0.15) is 6.61 Å². The van der Waals surface area contributed by atoms with E-state index >= 15 is 0 Å². The minimum atomic E-state index is -0.391. The highest BCUT2D eigenvalue weighted by atomic mass is 16.5. The summed E-state index contributed by atoms with van der Waals surface area (Å²) in [6.07, 6.45) is 0.322. The summed E-state index contributed by atoms with van der Waals surface area (Å²) in [5.41, 5.74) is 1.90. The van der Waals surface area contributed by atoms with Crippen LogP contribution in [0.4, 0.5) is 0 Å². The van der Waals surface area contributed by atoms with E-state index in [0.29, 0.717) is 24.8 Å². The maximum Gasteiger partial charge on any atom is 0.272 e. The van der Waals surface area contributed by atoms with E-state index in [1.54, 1.807) is 0 Å². The Morgan fingerprint density at radius 2 is 1.77 bits per heavy atom. The summed E-state index contributed by atoms with van der Waals surface area (Å²) >= 11 is 0. The second kappa shape index (κ2) is 8.63. The van der Waals surface area contributed by atoms with Crippen LogP contribution in [-0.4, -0.2) is 29.6 Å². The highest BCUT2D eigenvalue weighted by Gasteiger charge is 2.33.